The molecule has 0 saturated heterocycles. The van der Waals surface area contributed by atoms with Gasteiger partial charge in [0.1, 0.15) is 0 Å². The molecule has 3 heteroatoms. The van der Waals surface area contributed by atoms with Gasteiger partial charge in [-0.3, -0.25) is 4.79 Å². The maximum Gasteiger partial charge on any atom is 0.164 e. The lowest BCUT2D eigenvalue weighted by Crippen LogP contribution is -2.02. The number of fused-ring (bicyclic) bond motifs is 1. The number of benzene rings is 1. The fourth-order valence-corrected chi connectivity index (χ4v) is 2.71. The Kier molecular flexibility index (Phi) is 3.70. The van der Waals surface area contributed by atoms with Crippen LogP contribution in [0.1, 0.15) is 29.6 Å². The maximum atomic E-state index is 12.0. The molecule has 0 amide bonds. The number of rotatable bonds is 5. The van der Waals surface area contributed by atoms with Gasteiger partial charge in [0, 0.05) is 16.7 Å². The summed E-state index contributed by atoms with van der Waals surface area (Å²) >= 11 is 1.64. The van der Waals surface area contributed by atoms with Crippen molar-refractivity contribution in [3.8, 4) is 0 Å². The molecule has 1 heterocycles. The van der Waals surface area contributed by atoms with E-state index in [0.717, 1.165) is 28.5 Å². The van der Waals surface area contributed by atoms with E-state index in [2.05, 4.69) is 6.07 Å². The monoisotopic (exact) mass is 233 g/mol. The number of nitrogens with two attached hydrogens (primary N) is 1. The van der Waals surface area contributed by atoms with Gasteiger partial charge in [0.15, 0.2) is 5.78 Å². The summed E-state index contributed by atoms with van der Waals surface area (Å²) in [6.45, 7) is 0.663. The summed E-state index contributed by atoms with van der Waals surface area (Å²) in [7, 11) is 0. The number of hydrogen-bond donors (Lipinski definition) is 1. The van der Waals surface area contributed by atoms with E-state index in [1.54, 1.807) is 11.3 Å². The molecule has 0 fully saturated rings. The second-order valence-electron chi connectivity index (χ2n) is 3.81. The fourth-order valence-electron chi connectivity index (χ4n) is 1.78. The molecule has 0 atom stereocenters. The molecule has 1 aromatic heterocycles. The first kappa shape index (κ1) is 11.3. The molecule has 0 unspecified atom stereocenters. The van der Waals surface area contributed by atoms with Gasteiger partial charge in [0.25, 0.3) is 0 Å². The summed E-state index contributed by atoms with van der Waals surface area (Å²) in [6, 6.07) is 7.97. The number of unbranched alkanes of at least 4 members (excludes halogenated alkanes) is 1. The molecule has 0 radical (unpaired) electrons. The lowest BCUT2D eigenvalue weighted by molar-refractivity contribution is 0.0981. The van der Waals surface area contributed by atoms with Crippen LogP contribution in [0.4, 0.5) is 0 Å². The Morgan fingerprint density at radius 3 is 2.94 bits per heavy atom. The number of hydrogen-bond acceptors (Lipinski definition) is 3. The average molecular weight is 233 g/mol. The molecule has 2 aromatic rings. The molecule has 0 bridgehead atoms. The third kappa shape index (κ3) is 2.31. The normalized spacial score (nSPS) is 10.8. The van der Waals surface area contributed by atoms with Crippen molar-refractivity contribution in [2.24, 2.45) is 5.73 Å². The minimum absolute atomic E-state index is 0.238. The zero-order valence-electron chi connectivity index (χ0n) is 9.11. The number of Topliss-reactive ketones (excluding diaryl/α,β-unsaturated/α-hetero) is 1. The summed E-state index contributed by atoms with van der Waals surface area (Å²) in [6.07, 6.45) is 2.41. The largest absolute Gasteiger partial charge is 0.330 e. The van der Waals surface area contributed by atoms with Crippen LogP contribution in [0.3, 0.4) is 0 Å². The van der Waals surface area contributed by atoms with Crippen molar-refractivity contribution < 1.29 is 4.79 Å². The van der Waals surface area contributed by atoms with Crippen molar-refractivity contribution in [1.29, 1.82) is 0 Å². The minimum atomic E-state index is 0.238. The highest BCUT2D eigenvalue weighted by Gasteiger charge is 2.09. The molecular weight excluding hydrogens is 218 g/mol. The van der Waals surface area contributed by atoms with E-state index in [0.29, 0.717) is 13.0 Å². The fraction of sp³-hybridized carbons (Fsp3) is 0.308. The summed E-state index contributed by atoms with van der Waals surface area (Å²) in [4.78, 5) is 12.0. The Balaban J connectivity index is 2.19. The molecule has 84 valence electrons. The molecule has 2 N–H and O–H groups in total. The molecule has 0 aliphatic heterocycles. The van der Waals surface area contributed by atoms with E-state index in [1.165, 1.54) is 0 Å². The Morgan fingerprint density at radius 1 is 1.25 bits per heavy atom. The lowest BCUT2D eigenvalue weighted by atomic mass is 10.0. The van der Waals surface area contributed by atoms with Gasteiger partial charge in [-0.1, -0.05) is 12.1 Å². The maximum absolute atomic E-state index is 12.0. The van der Waals surface area contributed by atoms with Crippen LogP contribution in [0, 0.1) is 0 Å². The quantitative estimate of drug-likeness (QED) is 0.636. The van der Waals surface area contributed by atoms with Crippen LogP contribution in [-0.4, -0.2) is 12.3 Å². The van der Waals surface area contributed by atoms with Gasteiger partial charge in [-0.05, 0) is 42.3 Å². The van der Waals surface area contributed by atoms with Crippen LogP contribution in [0.2, 0.25) is 0 Å². The highest BCUT2D eigenvalue weighted by atomic mass is 32.1. The van der Waals surface area contributed by atoms with E-state index < -0.39 is 0 Å². The molecule has 0 saturated carbocycles. The number of carbonyl (C=O) groups excluding carboxylic acids is 1. The highest BCUT2D eigenvalue weighted by molar-refractivity contribution is 7.17. The van der Waals surface area contributed by atoms with Crippen molar-refractivity contribution in [1.82, 2.24) is 0 Å². The van der Waals surface area contributed by atoms with Crippen molar-refractivity contribution in [2.45, 2.75) is 19.3 Å². The first-order chi connectivity index (χ1) is 7.83. The van der Waals surface area contributed by atoms with E-state index in [-0.39, 0.29) is 5.78 Å². The van der Waals surface area contributed by atoms with Crippen molar-refractivity contribution in [3.05, 3.63) is 35.2 Å². The average Bonchev–Trinajstić information content (AvgIpc) is 2.76. The van der Waals surface area contributed by atoms with Gasteiger partial charge in [-0.25, -0.2) is 0 Å². The number of thiophene rings is 1. The highest BCUT2D eigenvalue weighted by Crippen LogP contribution is 2.25. The van der Waals surface area contributed by atoms with Crippen molar-refractivity contribution in [2.75, 3.05) is 6.54 Å². The molecule has 2 nitrogen and oxygen atoms in total. The van der Waals surface area contributed by atoms with E-state index in [1.807, 2.05) is 23.6 Å². The van der Waals surface area contributed by atoms with Gasteiger partial charge < -0.3 is 5.73 Å². The Labute approximate surface area is 99.1 Å². The van der Waals surface area contributed by atoms with Gasteiger partial charge in [0.2, 0.25) is 0 Å². The van der Waals surface area contributed by atoms with E-state index in [9.17, 15) is 4.79 Å². The third-order valence-corrected chi connectivity index (χ3v) is 3.60. The van der Waals surface area contributed by atoms with Gasteiger partial charge >= 0.3 is 0 Å². The molecular formula is C13H15NOS. The second kappa shape index (κ2) is 5.23. The summed E-state index contributed by atoms with van der Waals surface area (Å²) < 4.78 is 1.11. The molecule has 0 aliphatic carbocycles. The van der Waals surface area contributed by atoms with Crippen LogP contribution >= 0.6 is 11.3 Å². The predicted octanol–water partition coefficient (Wildman–Crippen LogP) is 3.21. The van der Waals surface area contributed by atoms with Crippen LogP contribution < -0.4 is 5.73 Å². The Morgan fingerprint density at radius 2 is 2.12 bits per heavy atom. The van der Waals surface area contributed by atoms with Crippen LogP contribution in [0.5, 0.6) is 0 Å². The number of carbonyl (C=O) groups is 1. The first-order valence-electron chi connectivity index (χ1n) is 5.52. The SMILES string of the molecule is NCCCCC(=O)c1cccc2ccsc12. The molecule has 2 rings (SSSR count). The van der Waals surface area contributed by atoms with Gasteiger partial charge in [-0.15, -0.1) is 11.3 Å². The zero-order valence-corrected chi connectivity index (χ0v) is 9.93. The van der Waals surface area contributed by atoms with Crippen molar-refractivity contribution in [3.63, 3.8) is 0 Å². The summed E-state index contributed by atoms with van der Waals surface area (Å²) in [5.41, 5.74) is 6.28. The minimum Gasteiger partial charge on any atom is -0.330 e. The lowest BCUT2D eigenvalue weighted by Gasteiger charge is -2.02. The van der Waals surface area contributed by atoms with E-state index in [4.69, 9.17) is 5.73 Å². The predicted molar refractivity (Wildman–Crippen MR) is 69.1 cm³/mol. The molecule has 1 aromatic carbocycles. The number of ketones is 1. The molecule has 0 aliphatic rings. The summed E-state index contributed by atoms with van der Waals surface area (Å²) in [5.74, 6) is 0.238. The second-order valence-corrected chi connectivity index (χ2v) is 4.73. The van der Waals surface area contributed by atoms with Crippen LogP contribution in [-0.2, 0) is 0 Å². The first-order valence-corrected chi connectivity index (χ1v) is 6.40. The zero-order chi connectivity index (χ0) is 11.4. The standard InChI is InChI=1S/C13H15NOS/c14-8-2-1-6-12(15)11-5-3-4-10-7-9-16-13(10)11/h3-5,7,9H,1-2,6,8,14H2. The van der Waals surface area contributed by atoms with Gasteiger partial charge in [-0.2, -0.15) is 0 Å². The third-order valence-electron chi connectivity index (χ3n) is 2.64. The van der Waals surface area contributed by atoms with Crippen LogP contribution in [0.15, 0.2) is 29.6 Å². The van der Waals surface area contributed by atoms with Crippen molar-refractivity contribution >= 4 is 27.2 Å². The van der Waals surface area contributed by atoms with Gasteiger partial charge in [0.05, 0.1) is 0 Å². The molecule has 16 heavy (non-hydrogen) atoms. The topological polar surface area (TPSA) is 43.1 Å². The Hall–Kier alpha value is -1.19. The van der Waals surface area contributed by atoms with Crippen LogP contribution in [0.25, 0.3) is 10.1 Å². The Bertz CT molecular complexity index is 489. The molecule has 0 spiro atoms. The smallest absolute Gasteiger partial charge is 0.164 e. The van der Waals surface area contributed by atoms with E-state index >= 15 is 0 Å². The summed E-state index contributed by atoms with van der Waals surface area (Å²) in [5, 5.41) is 3.19.